The molecule has 0 bridgehead atoms. The first-order chi connectivity index (χ1) is 14.8. The van der Waals surface area contributed by atoms with Crippen LogP contribution < -0.4 is 4.74 Å². The third-order valence-electron chi connectivity index (χ3n) is 5.42. The van der Waals surface area contributed by atoms with Gasteiger partial charge in [0.15, 0.2) is 0 Å². The van der Waals surface area contributed by atoms with Crippen molar-refractivity contribution in [3.63, 3.8) is 0 Å². The molecule has 1 aromatic heterocycles. The summed E-state index contributed by atoms with van der Waals surface area (Å²) in [6.07, 6.45) is 3.38. The fraction of sp³-hybridized carbons (Fsp3) is 0.385. The van der Waals surface area contributed by atoms with Crippen LogP contribution in [0.25, 0.3) is 22.0 Å². The Morgan fingerprint density at radius 1 is 1.00 bits per heavy atom. The van der Waals surface area contributed by atoms with Crippen LogP contribution in [-0.2, 0) is 4.74 Å². The number of benzene rings is 2. The second-order valence-electron chi connectivity index (χ2n) is 9.23. The molecule has 1 saturated heterocycles. The van der Waals surface area contributed by atoms with Gasteiger partial charge in [0, 0.05) is 43.1 Å². The van der Waals surface area contributed by atoms with E-state index in [1.807, 2.05) is 39.1 Å². The van der Waals surface area contributed by atoms with Crippen LogP contribution in [0.1, 0.15) is 39.2 Å². The molecule has 162 valence electrons. The number of rotatable bonds is 3. The summed E-state index contributed by atoms with van der Waals surface area (Å²) < 4.78 is 11.6. The molecule has 0 unspecified atom stereocenters. The number of amides is 1. The van der Waals surface area contributed by atoms with Crippen LogP contribution in [0.2, 0.25) is 0 Å². The summed E-state index contributed by atoms with van der Waals surface area (Å²) in [7, 11) is 0. The smallest absolute Gasteiger partial charge is 0.410 e. The van der Waals surface area contributed by atoms with Gasteiger partial charge in [0.2, 0.25) is 0 Å². The SMILES string of the molecule is Cc1ccc2ncc(-c3ccc(OC4CCN(C(=O)OC(C)(C)C)CC4)cc3)cc2c1. The predicted octanol–water partition coefficient (Wildman–Crippen LogP) is 5.99. The summed E-state index contributed by atoms with van der Waals surface area (Å²) in [6, 6.07) is 16.6. The zero-order chi connectivity index (χ0) is 22.0. The average molecular weight is 419 g/mol. The van der Waals surface area contributed by atoms with Gasteiger partial charge in [-0.3, -0.25) is 4.98 Å². The standard InChI is InChI=1S/C26H30N2O3/c1-18-5-10-24-20(15-18)16-21(17-27-24)19-6-8-22(9-7-19)30-23-11-13-28(14-12-23)25(29)31-26(2,3)4/h5-10,15-17,23H,11-14H2,1-4H3. The van der Waals surface area contributed by atoms with Crippen LogP contribution in [0.5, 0.6) is 5.75 Å². The Morgan fingerprint density at radius 2 is 1.71 bits per heavy atom. The monoisotopic (exact) mass is 418 g/mol. The summed E-state index contributed by atoms with van der Waals surface area (Å²) in [5, 5.41) is 1.15. The highest BCUT2D eigenvalue weighted by Gasteiger charge is 2.27. The lowest BCUT2D eigenvalue weighted by Gasteiger charge is -2.33. The molecule has 5 heteroatoms. The molecule has 0 atom stereocenters. The van der Waals surface area contributed by atoms with Gasteiger partial charge in [-0.15, -0.1) is 0 Å². The van der Waals surface area contributed by atoms with Crippen LogP contribution in [0.15, 0.2) is 54.7 Å². The normalized spacial score (nSPS) is 15.2. The number of pyridine rings is 1. The van der Waals surface area contributed by atoms with Crippen LogP contribution >= 0.6 is 0 Å². The van der Waals surface area contributed by atoms with Crippen molar-refractivity contribution in [1.29, 1.82) is 0 Å². The van der Waals surface area contributed by atoms with E-state index in [-0.39, 0.29) is 12.2 Å². The number of hydrogen-bond acceptors (Lipinski definition) is 4. The third kappa shape index (κ3) is 5.35. The van der Waals surface area contributed by atoms with Gasteiger partial charge in [0.25, 0.3) is 0 Å². The van der Waals surface area contributed by atoms with Crippen molar-refractivity contribution in [3.05, 3.63) is 60.3 Å². The molecule has 4 rings (SSSR count). The first-order valence-corrected chi connectivity index (χ1v) is 10.9. The highest BCUT2D eigenvalue weighted by Crippen LogP contribution is 2.27. The Kier molecular flexibility index (Phi) is 5.86. The number of carbonyl (C=O) groups is 1. The first kappa shape index (κ1) is 21.2. The average Bonchev–Trinajstić information content (AvgIpc) is 2.73. The van der Waals surface area contributed by atoms with E-state index < -0.39 is 5.60 Å². The number of fused-ring (bicyclic) bond motifs is 1. The van der Waals surface area contributed by atoms with Crippen molar-refractivity contribution in [1.82, 2.24) is 9.88 Å². The van der Waals surface area contributed by atoms with Crippen molar-refractivity contribution in [2.24, 2.45) is 0 Å². The van der Waals surface area contributed by atoms with E-state index in [1.165, 1.54) is 5.56 Å². The summed E-state index contributed by atoms with van der Waals surface area (Å²) in [4.78, 5) is 18.6. The molecular weight excluding hydrogens is 388 g/mol. The highest BCUT2D eigenvalue weighted by molar-refractivity contribution is 5.84. The molecule has 1 aliphatic heterocycles. The fourth-order valence-corrected chi connectivity index (χ4v) is 3.81. The predicted molar refractivity (Wildman–Crippen MR) is 123 cm³/mol. The number of piperidine rings is 1. The van der Waals surface area contributed by atoms with E-state index in [0.29, 0.717) is 13.1 Å². The van der Waals surface area contributed by atoms with Crippen molar-refractivity contribution < 1.29 is 14.3 Å². The maximum Gasteiger partial charge on any atom is 0.410 e. The summed E-state index contributed by atoms with van der Waals surface area (Å²) in [5.74, 6) is 0.851. The maximum absolute atomic E-state index is 12.2. The summed E-state index contributed by atoms with van der Waals surface area (Å²) >= 11 is 0. The maximum atomic E-state index is 12.2. The van der Waals surface area contributed by atoms with Gasteiger partial charge >= 0.3 is 6.09 Å². The van der Waals surface area contributed by atoms with Gasteiger partial charge in [-0.25, -0.2) is 4.79 Å². The summed E-state index contributed by atoms with van der Waals surface area (Å²) in [6.45, 7) is 9.06. The zero-order valence-corrected chi connectivity index (χ0v) is 18.7. The Morgan fingerprint density at radius 3 is 2.39 bits per heavy atom. The fourth-order valence-electron chi connectivity index (χ4n) is 3.81. The van der Waals surface area contributed by atoms with Crippen molar-refractivity contribution >= 4 is 17.0 Å². The van der Waals surface area contributed by atoms with E-state index in [4.69, 9.17) is 9.47 Å². The molecule has 0 saturated carbocycles. The van der Waals surface area contributed by atoms with Gasteiger partial charge in [0.05, 0.1) is 5.52 Å². The third-order valence-corrected chi connectivity index (χ3v) is 5.42. The number of ether oxygens (including phenoxy) is 2. The number of hydrogen-bond donors (Lipinski definition) is 0. The first-order valence-electron chi connectivity index (χ1n) is 10.9. The second kappa shape index (κ2) is 8.58. The molecule has 0 spiro atoms. The van der Waals surface area contributed by atoms with Crippen molar-refractivity contribution in [3.8, 4) is 16.9 Å². The number of carbonyl (C=O) groups excluding carboxylic acids is 1. The Bertz CT molecular complexity index is 1060. The molecule has 0 N–H and O–H groups in total. The van der Waals surface area contributed by atoms with Crippen molar-refractivity contribution in [2.75, 3.05) is 13.1 Å². The van der Waals surface area contributed by atoms with Crippen LogP contribution in [-0.4, -0.2) is 40.8 Å². The summed E-state index contributed by atoms with van der Waals surface area (Å²) in [5.41, 5.74) is 3.98. The molecule has 0 radical (unpaired) electrons. The Balaban J connectivity index is 1.36. The lowest BCUT2D eigenvalue weighted by atomic mass is 10.0. The molecule has 1 fully saturated rings. The van der Waals surface area contributed by atoms with Gasteiger partial charge in [0.1, 0.15) is 17.5 Å². The Hall–Kier alpha value is -3.08. The number of aryl methyl sites for hydroxylation is 1. The minimum atomic E-state index is -0.467. The van der Waals surface area contributed by atoms with E-state index >= 15 is 0 Å². The molecular formula is C26H30N2O3. The van der Waals surface area contributed by atoms with E-state index in [0.717, 1.165) is 40.6 Å². The molecule has 1 amide bonds. The largest absolute Gasteiger partial charge is 0.490 e. The number of aromatic nitrogens is 1. The lowest BCUT2D eigenvalue weighted by Crippen LogP contribution is -2.44. The minimum absolute atomic E-state index is 0.106. The topological polar surface area (TPSA) is 51.7 Å². The Labute approximate surface area is 184 Å². The zero-order valence-electron chi connectivity index (χ0n) is 18.7. The van der Waals surface area contributed by atoms with Gasteiger partial charge < -0.3 is 14.4 Å². The molecule has 0 aliphatic carbocycles. The van der Waals surface area contributed by atoms with E-state index in [1.54, 1.807) is 4.90 Å². The molecule has 1 aliphatic rings. The highest BCUT2D eigenvalue weighted by atomic mass is 16.6. The molecule has 2 heterocycles. The minimum Gasteiger partial charge on any atom is -0.490 e. The molecule has 3 aromatic rings. The molecule has 5 nitrogen and oxygen atoms in total. The van der Waals surface area contributed by atoms with Crippen LogP contribution in [0, 0.1) is 6.92 Å². The van der Waals surface area contributed by atoms with Gasteiger partial charge in [-0.1, -0.05) is 23.8 Å². The molecule has 31 heavy (non-hydrogen) atoms. The van der Waals surface area contributed by atoms with E-state index in [9.17, 15) is 4.79 Å². The number of nitrogens with zero attached hydrogens (tertiary/aromatic N) is 2. The second-order valence-corrected chi connectivity index (χ2v) is 9.23. The van der Waals surface area contributed by atoms with Crippen molar-refractivity contribution in [2.45, 2.75) is 52.2 Å². The number of likely N-dealkylation sites (tertiary alicyclic amines) is 1. The quantitative estimate of drug-likeness (QED) is 0.524. The van der Waals surface area contributed by atoms with Gasteiger partial charge in [-0.2, -0.15) is 0 Å². The van der Waals surface area contributed by atoms with Crippen LogP contribution in [0.4, 0.5) is 4.79 Å². The van der Waals surface area contributed by atoms with E-state index in [2.05, 4.69) is 48.3 Å². The molecule has 2 aromatic carbocycles. The van der Waals surface area contributed by atoms with Crippen LogP contribution in [0.3, 0.4) is 0 Å². The van der Waals surface area contributed by atoms with Gasteiger partial charge in [-0.05, 0) is 63.6 Å². The lowest BCUT2D eigenvalue weighted by molar-refractivity contribution is 0.0126.